The fourth-order valence-electron chi connectivity index (χ4n) is 2.84. The molecule has 21 heavy (non-hydrogen) atoms. The van der Waals surface area contributed by atoms with Gasteiger partial charge in [-0.25, -0.2) is 0 Å². The zero-order valence-electron chi connectivity index (χ0n) is 12.0. The number of carbonyl (C=O) groups excluding carboxylic acids is 2. The topological polar surface area (TPSA) is 72.2 Å². The van der Waals surface area contributed by atoms with Crippen LogP contribution in [0.4, 0.5) is 0 Å². The number of nitrogens with one attached hydrogen (secondary N) is 1. The minimum absolute atomic E-state index is 0.0587. The van der Waals surface area contributed by atoms with Crippen LogP contribution in [0.5, 0.6) is 0 Å². The number of carbonyl (C=O) groups is 2. The lowest BCUT2D eigenvalue weighted by atomic mass is 10.0. The summed E-state index contributed by atoms with van der Waals surface area (Å²) in [6.45, 7) is 0. The van der Waals surface area contributed by atoms with Gasteiger partial charge in [-0.1, -0.05) is 31.0 Å². The maximum absolute atomic E-state index is 12.1. The Balaban J connectivity index is 1.94. The predicted octanol–water partition coefficient (Wildman–Crippen LogP) is 2.38. The van der Waals surface area contributed by atoms with Crippen LogP contribution >= 0.6 is 22.6 Å². The fourth-order valence-corrected chi connectivity index (χ4v) is 3.44. The average molecular weight is 400 g/mol. The van der Waals surface area contributed by atoms with Gasteiger partial charge in [-0.2, -0.15) is 0 Å². The molecule has 0 aliphatic heterocycles. The number of rotatable bonds is 6. The summed E-state index contributed by atoms with van der Waals surface area (Å²) in [6, 6.07) is 7.18. The van der Waals surface area contributed by atoms with E-state index in [1.165, 1.54) is 12.8 Å². The fraction of sp³-hybridized carbons (Fsp3) is 0.500. The minimum Gasteiger partial charge on any atom is -0.368 e. The number of nitrogens with two attached hydrogens (primary N) is 1. The van der Waals surface area contributed by atoms with Gasteiger partial charge >= 0.3 is 0 Å². The van der Waals surface area contributed by atoms with Gasteiger partial charge in [-0.05, 0) is 53.0 Å². The second kappa shape index (κ2) is 7.77. The van der Waals surface area contributed by atoms with Crippen molar-refractivity contribution in [1.82, 2.24) is 5.32 Å². The monoisotopic (exact) mass is 400 g/mol. The molecule has 114 valence electrons. The molecule has 0 unspecified atom stereocenters. The molecule has 2 rings (SSSR count). The molecule has 1 fully saturated rings. The molecule has 4 nitrogen and oxygen atoms in total. The largest absolute Gasteiger partial charge is 0.368 e. The molecule has 0 heterocycles. The smallest absolute Gasteiger partial charge is 0.240 e. The molecule has 1 atom stereocenters. The van der Waals surface area contributed by atoms with Crippen molar-refractivity contribution in [3.8, 4) is 0 Å². The minimum atomic E-state index is -0.630. The van der Waals surface area contributed by atoms with Crippen molar-refractivity contribution in [2.45, 2.75) is 44.6 Å². The molecule has 2 amide bonds. The Hall–Kier alpha value is -1.11. The van der Waals surface area contributed by atoms with E-state index in [9.17, 15) is 9.59 Å². The molecular weight excluding hydrogens is 379 g/mol. The molecule has 0 bridgehead atoms. The van der Waals surface area contributed by atoms with Gasteiger partial charge in [-0.15, -0.1) is 0 Å². The summed E-state index contributed by atoms with van der Waals surface area (Å²) in [4.78, 5) is 23.7. The Morgan fingerprint density at radius 3 is 2.57 bits per heavy atom. The molecular formula is C16H21IN2O2. The molecule has 3 N–H and O–H groups in total. The third-order valence-electron chi connectivity index (χ3n) is 4.01. The zero-order chi connectivity index (χ0) is 15.2. The highest BCUT2D eigenvalue weighted by atomic mass is 127. The van der Waals surface area contributed by atoms with Crippen LogP contribution in [0.2, 0.25) is 0 Å². The molecule has 1 aliphatic carbocycles. The molecule has 0 radical (unpaired) electrons. The van der Waals surface area contributed by atoms with Crippen molar-refractivity contribution >= 4 is 34.4 Å². The van der Waals surface area contributed by atoms with Crippen molar-refractivity contribution in [3.05, 3.63) is 33.4 Å². The van der Waals surface area contributed by atoms with Gasteiger partial charge in [0.05, 0.1) is 0 Å². The van der Waals surface area contributed by atoms with Crippen molar-refractivity contribution in [2.24, 2.45) is 11.7 Å². The van der Waals surface area contributed by atoms with E-state index in [1.54, 1.807) is 0 Å². The first-order valence-electron chi connectivity index (χ1n) is 7.38. The first-order valence-corrected chi connectivity index (χ1v) is 8.46. The predicted molar refractivity (Wildman–Crippen MR) is 90.6 cm³/mol. The van der Waals surface area contributed by atoms with Gasteiger partial charge < -0.3 is 11.1 Å². The quantitative estimate of drug-likeness (QED) is 0.720. The summed E-state index contributed by atoms with van der Waals surface area (Å²) in [5, 5.41) is 2.80. The maximum atomic E-state index is 12.1. The van der Waals surface area contributed by atoms with E-state index in [4.69, 9.17) is 5.73 Å². The molecule has 1 aliphatic rings. The van der Waals surface area contributed by atoms with Crippen molar-refractivity contribution in [3.63, 3.8) is 0 Å². The van der Waals surface area contributed by atoms with E-state index in [-0.39, 0.29) is 5.91 Å². The number of hydrogen-bond acceptors (Lipinski definition) is 2. The van der Waals surface area contributed by atoms with E-state index in [0.717, 1.165) is 22.0 Å². The zero-order valence-corrected chi connectivity index (χ0v) is 14.1. The van der Waals surface area contributed by atoms with Gasteiger partial charge in [-0.3, -0.25) is 9.59 Å². The Labute approximate surface area is 139 Å². The third kappa shape index (κ3) is 4.98. The Morgan fingerprint density at radius 1 is 1.29 bits per heavy atom. The summed E-state index contributed by atoms with van der Waals surface area (Å²) in [5.74, 6) is -0.0681. The summed E-state index contributed by atoms with van der Waals surface area (Å²) in [7, 11) is 0. The van der Waals surface area contributed by atoms with Crippen LogP contribution in [-0.2, 0) is 16.0 Å². The van der Waals surface area contributed by atoms with Crippen molar-refractivity contribution in [1.29, 1.82) is 0 Å². The van der Waals surface area contributed by atoms with Gasteiger partial charge in [0.25, 0.3) is 0 Å². The van der Waals surface area contributed by atoms with E-state index in [2.05, 4.69) is 27.9 Å². The molecule has 0 spiro atoms. The molecule has 1 aromatic carbocycles. The van der Waals surface area contributed by atoms with Gasteiger partial charge in [0, 0.05) is 16.4 Å². The highest BCUT2D eigenvalue weighted by molar-refractivity contribution is 14.1. The van der Waals surface area contributed by atoms with Crippen LogP contribution in [-0.4, -0.2) is 17.9 Å². The molecule has 0 saturated heterocycles. The van der Waals surface area contributed by atoms with Gasteiger partial charge in [0.15, 0.2) is 0 Å². The van der Waals surface area contributed by atoms with Crippen LogP contribution in [0.1, 0.15) is 37.7 Å². The lowest BCUT2D eigenvalue weighted by Gasteiger charge is -2.17. The number of primary amides is 1. The lowest BCUT2D eigenvalue weighted by Crippen LogP contribution is -2.46. The van der Waals surface area contributed by atoms with Crippen LogP contribution in [0, 0.1) is 9.49 Å². The second-order valence-corrected chi connectivity index (χ2v) is 6.83. The third-order valence-corrected chi connectivity index (χ3v) is 5.06. The van der Waals surface area contributed by atoms with E-state index < -0.39 is 11.9 Å². The van der Waals surface area contributed by atoms with Gasteiger partial charge in [0.2, 0.25) is 11.8 Å². The highest BCUT2D eigenvalue weighted by Crippen LogP contribution is 2.27. The van der Waals surface area contributed by atoms with E-state index >= 15 is 0 Å². The van der Waals surface area contributed by atoms with Gasteiger partial charge in [0.1, 0.15) is 6.04 Å². The SMILES string of the molecule is NC(=O)[C@H](Cc1ccccc1I)NC(=O)CC1CCCC1. The molecule has 5 heteroatoms. The van der Waals surface area contributed by atoms with Crippen LogP contribution in [0.3, 0.4) is 0 Å². The Morgan fingerprint density at radius 2 is 1.95 bits per heavy atom. The van der Waals surface area contributed by atoms with Crippen LogP contribution < -0.4 is 11.1 Å². The van der Waals surface area contributed by atoms with E-state index in [0.29, 0.717) is 18.8 Å². The summed E-state index contributed by atoms with van der Waals surface area (Å²) in [5.41, 5.74) is 6.47. The normalized spacial score (nSPS) is 16.6. The highest BCUT2D eigenvalue weighted by Gasteiger charge is 2.23. The second-order valence-electron chi connectivity index (χ2n) is 5.67. The Bertz CT molecular complexity index is 513. The number of hydrogen-bond donors (Lipinski definition) is 2. The van der Waals surface area contributed by atoms with Crippen LogP contribution in [0.25, 0.3) is 0 Å². The molecule has 1 saturated carbocycles. The standard InChI is InChI=1S/C16H21IN2O2/c17-13-8-4-3-7-12(13)10-14(16(18)21)19-15(20)9-11-5-1-2-6-11/h3-4,7-8,11,14H,1-2,5-6,9-10H2,(H2,18,21)(H,19,20)/t14-/m0/s1. The first-order chi connectivity index (χ1) is 10.1. The number of amides is 2. The van der Waals surface area contributed by atoms with Crippen LogP contribution in [0.15, 0.2) is 24.3 Å². The summed E-state index contributed by atoms with van der Waals surface area (Å²) < 4.78 is 1.08. The lowest BCUT2D eigenvalue weighted by molar-refractivity contribution is -0.127. The first kappa shape index (κ1) is 16.3. The Kier molecular flexibility index (Phi) is 6.02. The molecule has 0 aromatic heterocycles. The van der Waals surface area contributed by atoms with Crippen molar-refractivity contribution < 1.29 is 9.59 Å². The average Bonchev–Trinajstić information content (AvgIpc) is 2.93. The maximum Gasteiger partial charge on any atom is 0.240 e. The molecule has 1 aromatic rings. The van der Waals surface area contributed by atoms with Crippen molar-refractivity contribution in [2.75, 3.05) is 0 Å². The number of halogens is 1. The number of benzene rings is 1. The summed E-state index contributed by atoms with van der Waals surface area (Å²) >= 11 is 2.23. The van der Waals surface area contributed by atoms with E-state index in [1.807, 2.05) is 24.3 Å². The summed E-state index contributed by atoms with van der Waals surface area (Å²) in [6.07, 6.45) is 5.61.